The molecule has 0 bridgehead atoms. The maximum atomic E-state index is 13.0. The fourth-order valence-corrected chi connectivity index (χ4v) is 2.75. The van der Waals surface area contributed by atoms with E-state index < -0.39 is 0 Å². The highest BCUT2D eigenvalue weighted by Crippen LogP contribution is 2.29. The molecule has 0 aliphatic rings. The molecule has 146 valence electrons. The van der Waals surface area contributed by atoms with Crippen LogP contribution in [0.2, 0.25) is 0 Å². The van der Waals surface area contributed by atoms with Gasteiger partial charge in [-0.15, -0.1) is 0 Å². The Morgan fingerprint density at radius 3 is 2.07 bits per heavy atom. The number of amides is 1. The minimum absolute atomic E-state index is 0.0949. The van der Waals surface area contributed by atoms with E-state index >= 15 is 0 Å². The molecule has 0 radical (unpaired) electrons. The minimum Gasteiger partial charge on any atom is -0.497 e. The molecule has 0 spiro atoms. The summed E-state index contributed by atoms with van der Waals surface area (Å²) in [7, 11) is 4.73. The molecule has 0 aliphatic heterocycles. The standard InChI is InChI=1S/C21H27NO5/c1-6-22(14-15-8-9-19(27-7-2)20(10-15)26-5)21(23)16-11-17(24-3)13-18(12-16)25-4/h8-13H,6-7,14H2,1-5H3. The van der Waals surface area contributed by atoms with Gasteiger partial charge in [-0.3, -0.25) is 4.79 Å². The first-order chi connectivity index (χ1) is 13.1. The molecule has 2 aromatic carbocycles. The maximum absolute atomic E-state index is 13.0. The van der Waals surface area contributed by atoms with Crippen LogP contribution in [0.25, 0.3) is 0 Å². The summed E-state index contributed by atoms with van der Waals surface area (Å²) < 4.78 is 21.5. The summed E-state index contributed by atoms with van der Waals surface area (Å²) in [6.07, 6.45) is 0. The second-order valence-electron chi connectivity index (χ2n) is 5.84. The van der Waals surface area contributed by atoms with Crippen LogP contribution in [0.1, 0.15) is 29.8 Å². The van der Waals surface area contributed by atoms with Crippen molar-refractivity contribution in [1.82, 2.24) is 4.90 Å². The van der Waals surface area contributed by atoms with Crippen molar-refractivity contribution in [3.8, 4) is 23.0 Å². The predicted molar refractivity (Wildman–Crippen MR) is 104 cm³/mol. The molecule has 6 heteroatoms. The van der Waals surface area contributed by atoms with E-state index in [0.717, 1.165) is 5.56 Å². The Kier molecular flexibility index (Phi) is 7.34. The number of hydrogen-bond acceptors (Lipinski definition) is 5. The Morgan fingerprint density at radius 2 is 1.56 bits per heavy atom. The molecule has 27 heavy (non-hydrogen) atoms. The average Bonchev–Trinajstić information content (AvgIpc) is 2.71. The van der Waals surface area contributed by atoms with Gasteiger partial charge in [0.1, 0.15) is 11.5 Å². The lowest BCUT2D eigenvalue weighted by Gasteiger charge is -2.22. The second kappa shape index (κ2) is 9.71. The molecule has 0 fully saturated rings. The van der Waals surface area contributed by atoms with Crippen LogP contribution in [-0.4, -0.2) is 45.3 Å². The van der Waals surface area contributed by atoms with E-state index in [1.807, 2.05) is 32.0 Å². The molecule has 0 saturated heterocycles. The second-order valence-corrected chi connectivity index (χ2v) is 5.84. The van der Waals surface area contributed by atoms with Crippen molar-refractivity contribution in [3.63, 3.8) is 0 Å². The number of carbonyl (C=O) groups excluding carboxylic acids is 1. The number of rotatable bonds is 9. The van der Waals surface area contributed by atoms with Crippen molar-refractivity contribution in [2.75, 3.05) is 34.5 Å². The molecule has 0 atom stereocenters. The van der Waals surface area contributed by atoms with Crippen molar-refractivity contribution in [2.45, 2.75) is 20.4 Å². The predicted octanol–water partition coefficient (Wildman–Crippen LogP) is 3.77. The van der Waals surface area contributed by atoms with Crippen LogP contribution in [0.5, 0.6) is 23.0 Å². The summed E-state index contributed by atoms with van der Waals surface area (Å²) in [5.41, 5.74) is 1.48. The first-order valence-electron chi connectivity index (χ1n) is 8.88. The summed E-state index contributed by atoms with van der Waals surface area (Å²) in [4.78, 5) is 14.8. The van der Waals surface area contributed by atoms with E-state index in [-0.39, 0.29) is 5.91 Å². The Balaban J connectivity index is 2.25. The van der Waals surface area contributed by atoms with Crippen LogP contribution < -0.4 is 18.9 Å². The number of methoxy groups -OCH3 is 3. The molecule has 0 aromatic heterocycles. The number of carbonyl (C=O) groups is 1. The Hall–Kier alpha value is -2.89. The van der Waals surface area contributed by atoms with E-state index in [9.17, 15) is 4.79 Å². The van der Waals surface area contributed by atoms with Crippen LogP contribution in [0.4, 0.5) is 0 Å². The van der Waals surface area contributed by atoms with Gasteiger partial charge < -0.3 is 23.8 Å². The average molecular weight is 373 g/mol. The van der Waals surface area contributed by atoms with E-state index in [4.69, 9.17) is 18.9 Å². The van der Waals surface area contributed by atoms with Gasteiger partial charge >= 0.3 is 0 Å². The van der Waals surface area contributed by atoms with Crippen LogP contribution in [0.3, 0.4) is 0 Å². The molecule has 0 heterocycles. The zero-order valence-corrected chi connectivity index (χ0v) is 16.6. The third-order valence-electron chi connectivity index (χ3n) is 4.17. The van der Waals surface area contributed by atoms with E-state index in [0.29, 0.717) is 48.3 Å². The molecular formula is C21H27NO5. The highest BCUT2D eigenvalue weighted by molar-refractivity contribution is 5.95. The smallest absolute Gasteiger partial charge is 0.254 e. The van der Waals surface area contributed by atoms with Crippen molar-refractivity contribution < 1.29 is 23.7 Å². The van der Waals surface area contributed by atoms with Crippen molar-refractivity contribution >= 4 is 5.91 Å². The molecule has 2 aromatic rings. The topological polar surface area (TPSA) is 57.2 Å². The van der Waals surface area contributed by atoms with E-state index in [2.05, 4.69) is 0 Å². The molecule has 1 amide bonds. The summed E-state index contributed by atoms with van der Waals surface area (Å²) in [6, 6.07) is 10.9. The van der Waals surface area contributed by atoms with Gasteiger partial charge in [-0.05, 0) is 43.7 Å². The molecular weight excluding hydrogens is 346 g/mol. The molecule has 2 rings (SSSR count). The van der Waals surface area contributed by atoms with Gasteiger partial charge in [-0.2, -0.15) is 0 Å². The lowest BCUT2D eigenvalue weighted by molar-refractivity contribution is 0.0751. The third-order valence-corrected chi connectivity index (χ3v) is 4.17. The zero-order valence-electron chi connectivity index (χ0n) is 16.6. The van der Waals surface area contributed by atoms with Gasteiger partial charge in [-0.25, -0.2) is 0 Å². The first-order valence-corrected chi connectivity index (χ1v) is 8.88. The maximum Gasteiger partial charge on any atom is 0.254 e. The SMILES string of the molecule is CCOc1ccc(CN(CC)C(=O)c2cc(OC)cc(OC)c2)cc1OC. The number of hydrogen-bond donors (Lipinski definition) is 0. The minimum atomic E-state index is -0.0949. The van der Waals surface area contributed by atoms with E-state index in [1.54, 1.807) is 44.4 Å². The first kappa shape index (κ1) is 20.4. The summed E-state index contributed by atoms with van der Waals surface area (Å²) >= 11 is 0. The van der Waals surface area contributed by atoms with Gasteiger partial charge in [0.2, 0.25) is 0 Å². The Bertz CT molecular complexity index is 753. The highest BCUT2D eigenvalue weighted by atomic mass is 16.5. The van der Waals surface area contributed by atoms with Crippen LogP contribution in [0.15, 0.2) is 36.4 Å². The van der Waals surface area contributed by atoms with Crippen LogP contribution >= 0.6 is 0 Å². The van der Waals surface area contributed by atoms with Gasteiger partial charge in [0.15, 0.2) is 11.5 Å². The molecule has 0 aliphatic carbocycles. The van der Waals surface area contributed by atoms with Crippen LogP contribution in [-0.2, 0) is 6.54 Å². The largest absolute Gasteiger partial charge is 0.497 e. The quantitative estimate of drug-likeness (QED) is 0.670. The normalized spacial score (nSPS) is 10.3. The van der Waals surface area contributed by atoms with E-state index in [1.165, 1.54) is 0 Å². The van der Waals surface area contributed by atoms with Crippen molar-refractivity contribution in [3.05, 3.63) is 47.5 Å². The fourth-order valence-electron chi connectivity index (χ4n) is 2.75. The van der Waals surface area contributed by atoms with Crippen molar-refractivity contribution in [2.24, 2.45) is 0 Å². The third kappa shape index (κ3) is 5.06. The van der Waals surface area contributed by atoms with Gasteiger partial charge in [0.05, 0.1) is 27.9 Å². The summed E-state index contributed by atoms with van der Waals surface area (Å²) in [5.74, 6) is 2.41. The monoisotopic (exact) mass is 373 g/mol. The lowest BCUT2D eigenvalue weighted by atomic mass is 10.1. The zero-order chi connectivity index (χ0) is 19.8. The molecule has 0 unspecified atom stereocenters. The number of nitrogens with zero attached hydrogens (tertiary/aromatic N) is 1. The summed E-state index contributed by atoms with van der Waals surface area (Å²) in [5, 5.41) is 0. The highest BCUT2D eigenvalue weighted by Gasteiger charge is 2.17. The fraction of sp³-hybridized carbons (Fsp3) is 0.381. The summed E-state index contributed by atoms with van der Waals surface area (Å²) in [6.45, 7) is 5.45. The van der Waals surface area contributed by atoms with Gasteiger partial charge in [0, 0.05) is 24.7 Å². The lowest BCUT2D eigenvalue weighted by Crippen LogP contribution is -2.30. The number of benzene rings is 2. The molecule has 0 N–H and O–H groups in total. The Labute approximate surface area is 160 Å². The number of ether oxygens (including phenoxy) is 4. The van der Waals surface area contributed by atoms with Gasteiger partial charge in [0.25, 0.3) is 5.91 Å². The van der Waals surface area contributed by atoms with Crippen LogP contribution in [0, 0.1) is 0 Å². The molecule has 0 saturated carbocycles. The molecule has 6 nitrogen and oxygen atoms in total. The van der Waals surface area contributed by atoms with Crippen molar-refractivity contribution in [1.29, 1.82) is 0 Å². The Morgan fingerprint density at radius 1 is 0.889 bits per heavy atom. The van der Waals surface area contributed by atoms with Gasteiger partial charge in [-0.1, -0.05) is 6.07 Å².